The minimum Gasteiger partial charge on any atom is -0.469 e. The fraction of sp³-hybridized carbons (Fsp3) is 0.773. The van der Waals surface area contributed by atoms with E-state index in [1.807, 2.05) is 25.9 Å². The number of hydrogen-bond acceptors (Lipinski definition) is 7. The first-order chi connectivity index (χ1) is 13.2. The van der Waals surface area contributed by atoms with Crippen molar-refractivity contribution in [3.8, 4) is 0 Å². The zero-order valence-electron chi connectivity index (χ0n) is 19.0. The Labute approximate surface area is 176 Å². The molecule has 166 valence electrons. The van der Waals surface area contributed by atoms with Crippen LogP contribution in [0.15, 0.2) is 0 Å². The van der Waals surface area contributed by atoms with Crippen LogP contribution in [0.5, 0.6) is 0 Å². The predicted octanol–water partition coefficient (Wildman–Crippen LogP) is 2.83. The topological polar surface area (TPSA) is 82.1 Å². The number of hydrogen-bond donors (Lipinski definition) is 0. The van der Waals surface area contributed by atoms with Gasteiger partial charge >= 0.3 is 17.9 Å². The normalized spacial score (nSPS) is 14.3. The highest BCUT2D eigenvalue weighted by Crippen LogP contribution is 2.44. The van der Waals surface area contributed by atoms with Crippen molar-refractivity contribution >= 4 is 17.9 Å². The molecule has 0 saturated heterocycles. The van der Waals surface area contributed by atoms with Gasteiger partial charge in [-0.15, -0.1) is 0 Å². The number of carbonyl (C=O) groups is 3. The van der Waals surface area contributed by atoms with Crippen molar-refractivity contribution in [1.82, 2.24) is 4.90 Å². The zero-order valence-corrected chi connectivity index (χ0v) is 19.0. The fourth-order valence-corrected chi connectivity index (χ4v) is 3.17. The van der Waals surface area contributed by atoms with Crippen molar-refractivity contribution in [3.63, 3.8) is 0 Å². The summed E-state index contributed by atoms with van der Waals surface area (Å²) in [5.74, 6) is -1.87. The van der Waals surface area contributed by atoms with Crippen molar-refractivity contribution in [2.45, 2.75) is 53.4 Å². The molecule has 0 bridgehead atoms. The van der Waals surface area contributed by atoms with E-state index < -0.39 is 34.2 Å². The second kappa shape index (κ2) is 11.5. The lowest BCUT2D eigenvalue weighted by Gasteiger charge is -2.38. The molecule has 3 atom stereocenters. The van der Waals surface area contributed by atoms with Crippen LogP contribution in [0.25, 0.3) is 0 Å². The standard InChI is InChI=1S/C22H37NO6/c1-10-11-13-28-19(26)22(6,15-20(2,3)17(24)27-9)16-21(4,5)18(25)29-14-12-23(7)8/h2,4H,10-16H2,1,3,5-9H3. The van der Waals surface area contributed by atoms with E-state index in [1.165, 1.54) is 21.0 Å². The first-order valence-corrected chi connectivity index (χ1v) is 9.87. The summed E-state index contributed by atoms with van der Waals surface area (Å²) in [4.78, 5) is 39.3. The van der Waals surface area contributed by atoms with E-state index in [4.69, 9.17) is 28.1 Å². The third-order valence-electron chi connectivity index (χ3n) is 4.63. The van der Waals surface area contributed by atoms with Gasteiger partial charge in [-0.3, -0.25) is 14.4 Å². The molecule has 0 fully saturated rings. The number of likely N-dealkylation sites (N-methyl/N-ethyl adjacent to an activating group) is 1. The highest BCUT2D eigenvalue weighted by Gasteiger charge is 2.49. The lowest BCUT2D eigenvalue weighted by Crippen LogP contribution is -2.44. The molecule has 0 spiro atoms. The highest BCUT2D eigenvalue weighted by atomic mass is 16.5. The van der Waals surface area contributed by atoms with Crippen LogP contribution in [0.3, 0.4) is 0 Å². The molecule has 3 unspecified atom stereocenters. The van der Waals surface area contributed by atoms with Crippen LogP contribution in [0.4, 0.5) is 0 Å². The number of rotatable bonds is 13. The third kappa shape index (κ3) is 9.15. The molecule has 0 aliphatic rings. The predicted molar refractivity (Wildman–Crippen MR) is 110 cm³/mol. The van der Waals surface area contributed by atoms with Crippen molar-refractivity contribution in [1.29, 1.82) is 0 Å². The molecule has 0 amide bonds. The van der Waals surface area contributed by atoms with Gasteiger partial charge in [0.15, 0.2) is 0 Å². The quantitative estimate of drug-likeness (QED) is 0.262. The Morgan fingerprint density at radius 2 is 1.34 bits per heavy atom. The number of unbranched alkanes of at least 4 members (excludes halogenated alkanes) is 1. The molecule has 0 heterocycles. The van der Waals surface area contributed by atoms with Gasteiger partial charge in [0.25, 0.3) is 0 Å². The second-order valence-corrected chi connectivity index (χ2v) is 8.67. The maximum atomic E-state index is 12.9. The second-order valence-electron chi connectivity index (χ2n) is 8.67. The molecule has 0 rings (SSSR count). The number of esters is 3. The molecule has 0 N–H and O–H groups in total. The molecule has 0 aliphatic heterocycles. The summed E-state index contributed by atoms with van der Waals surface area (Å²) in [5, 5.41) is 0. The monoisotopic (exact) mass is 411 g/mol. The van der Waals surface area contributed by atoms with Gasteiger partial charge in [-0.25, -0.2) is 0 Å². The Morgan fingerprint density at radius 3 is 1.79 bits per heavy atom. The van der Waals surface area contributed by atoms with E-state index in [0.717, 1.165) is 6.42 Å². The van der Waals surface area contributed by atoms with E-state index >= 15 is 0 Å². The van der Waals surface area contributed by atoms with Crippen molar-refractivity contribution in [2.75, 3.05) is 41.0 Å². The van der Waals surface area contributed by atoms with Gasteiger partial charge in [0.05, 0.1) is 30.0 Å². The number of ether oxygens (including phenoxy) is 3. The number of methoxy groups -OCH3 is 1. The summed E-state index contributed by atoms with van der Waals surface area (Å²) < 4.78 is 15.4. The molecular formula is C22H37NO6. The first-order valence-electron chi connectivity index (χ1n) is 9.87. The average Bonchev–Trinajstić information content (AvgIpc) is 2.59. The number of carbonyl (C=O) groups excluding carboxylic acids is 3. The fourth-order valence-electron chi connectivity index (χ4n) is 3.17. The van der Waals surface area contributed by atoms with Gasteiger partial charge in [0, 0.05) is 6.54 Å². The van der Waals surface area contributed by atoms with Crippen molar-refractivity contribution in [2.24, 2.45) is 16.2 Å². The molecule has 0 aromatic carbocycles. The molecule has 0 aromatic heterocycles. The maximum absolute atomic E-state index is 12.9. The van der Waals surface area contributed by atoms with Gasteiger partial charge in [-0.2, -0.15) is 0 Å². The van der Waals surface area contributed by atoms with Gasteiger partial charge < -0.3 is 19.1 Å². The Balaban J connectivity index is 5.53. The Kier molecular flexibility index (Phi) is 10.9. The van der Waals surface area contributed by atoms with Crippen LogP contribution < -0.4 is 0 Å². The largest absolute Gasteiger partial charge is 0.469 e. The van der Waals surface area contributed by atoms with E-state index in [-0.39, 0.29) is 26.1 Å². The van der Waals surface area contributed by atoms with E-state index in [0.29, 0.717) is 13.0 Å². The minimum atomic E-state index is -1.48. The Bertz CT molecular complexity index is 556. The van der Waals surface area contributed by atoms with E-state index in [2.05, 4.69) is 0 Å². The highest BCUT2D eigenvalue weighted by molar-refractivity contribution is 5.83. The molecule has 7 heteroatoms. The van der Waals surface area contributed by atoms with Crippen LogP contribution in [0, 0.1) is 30.1 Å². The molecule has 0 saturated carbocycles. The molecule has 29 heavy (non-hydrogen) atoms. The zero-order chi connectivity index (χ0) is 22.9. The van der Waals surface area contributed by atoms with Gasteiger partial charge in [-0.05, 0) is 68.0 Å². The maximum Gasteiger partial charge on any atom is 0.312 e. The first kappa shape index (κ1) is 27.4. The van der Waals surface area contributed by atoms with Crippen molar-refractivity contribution in [3.05, 3.63) is 13.8 Å². The van der Waals surface area contributed by atoms with E-state index in [1.54, 1.807) is 6.92 Å². The van der Waals surface area contributed by atoms with Crippen LogP contribution in [-0.4, -0.2) is 63.8 Å². The summed E-state index contributed by atoms with van der Waals surface area (Å²) in [6.07, 6.45) is 1.35. The number of nitrogens with zero attached hydrogens (tertiary/aromatic N) is 1. The van der Waals surface area contributed by atoms with Gasteiger partial charge in [0.2, 0.25) is 0 Å². The Morgan fingerprint density at radius 1 is 0.862 bits per heavy atom. The lowest BCUT2D eigenvalue weighted by atomic mass is 9.66. The molecule has 4 radical (unpaired) electrons. The van der Waals surface area contributed by atoms with Crippen molar-refractivity contribution < 1.29 is 28.6 Å². The average molecular weight is 412 g/mol. The van der Waals surface area contributed by atoms with Gasteiger partial charge in [-0.1, -0.05) is 13.3 Å². The molecule has 0 aromatic rings. The summed E-state index contributed by atoms with van der Waals surface area (Å²) in [7, 11) is 4.93. The molecular weight excluding hydrogens is 374 g/mol. The van der Waals surface area contributed by atoms with Crippen LogP contribution >= 0.6 is 0 Å². The van der Waals surface area contributed by atoms with E-state index in [9.17, 15) is 14.4 Å². The van der Waals surface area contributed by atoms with Gasteiger partial charge in [0.1, 0.15) is 6.61 Å². The summed E-state index contributed by atoms with van der Waals surface area (Å²) in [6.45, 7) is 19.8. The molecule has 7 nitrogen and oxygen atoms in total. The lowest BCUT2D eigenvalue weighted by molar-refractivity contribution is -0.165. The van der Waals surface area contributed by atoms with Crippen LogP contribution in [0.2, 0.25) is 0 Å². The Hall–Kier alpha value is -1.63. The molecule has 0 aliphatic carbocycles. The minimum absolute atomic E-state index is 0.102. The summed E-state index contributed by atoms with van der Waals surface area (Å²) in [6, 6.07) is 0. The van der Waals surface area contributed by atoms with Crippen LogP contribution in [-0.2, 0) is 28.6 Å². The summed E-state index contributed by atoms with van der Waals surface area (Å²) in [5.41, 5.74) is -4.23. The summed E-state index contributed by atoms with van der Waals surface area (Å²) >= 11 is 0. The smallest absolute Gasteiger partial charge is 0.312 e. The van der Waals surface area contributed by atoms with Crippen LogP contribution in [0.1, 0.15) is 53.4 Å². The third-order valence-corrected chi connectivity index (χ3v) is 4.63. The SMILES string of the molecule is [CH]C(C)(CC(C)(CC([CH])(C)C(=O)OCCN(C)C)C(=O)OCCCC)C(=O)OC.